The second-order valence-corrected chi connectivity index (χ2v) is 6.75. The Labute approximate surface area is 115 Å². The summed E-state index contributed by atoms with van der Waals surface area (Å²) < 4.78 is 0. The third-order valence-corrected chi connectivity index (χ3v) is 3.68. The Morgan fingerprint density at radius 3 is 2.26 bits per heavy atom. The summed E-state index contributed by atoms with van der Waals surface area (Å²) >= 11 is 0. The van der Waals surface area contributed by atoms with Crippen molar-refractivity contribution in [1.29, 1.82) is 0 Å². The number of rotatable bonds is 3. The fourth-order valence-electron chi connectivity index (χ4n) is 2.51. The molecule has 0 radical (unpaired) electrons. The van der Waals surface area contributed by atoms with Crippen molar-refractivity contribution in [3.8, 4) is 0 Å². The molecule has 1 aromatic heterocycles. The van der Waals surface area contributed by atoms with Gasteiger partial charge in [0.15, 0.2) is 0 Å². The molecule has 0 saturated heterocycles. The van der Waals surface area contributed by atoms with E-state index in [0.717, 1.165) is 11.6 Å². The quantitative estimate of drug-likeness (QED) is 0.577. The number of nitrogens with two attached hydrogens (primary N) is 1. The Morgan fingerprint density at radius 1 is 1.16 bits per heavy atom. The summed E-state index contributed by atoms with van der Waals surface area (Å²) in [4.78, 5) is 9.08. The van der Waals surface area contributed by atoms with Gasteiger partial charge in [0.25, 0.3) is 0 Å². The zero-order valence-corrected chi connectivity index (χ0v) is 12.4. The fraction of sp³-hybridized carbons (Fsp3) is 0.714. The number of nitrogens with one attached hydrogen (secondary N) is 2. The Morgan fingerprint density at radius 2 is 1.74 bits per heavy atom. The van der Waals surface area contributed by atoms with Crippen molar-refractivity contribution >= 4 is 11.6 Å². The van der Waals surface area contributed by atoms with Crippen LogP contribution >= 0.6 is 0 Å². The molecule has 1 saturated carbocycles. The first-order valence-corrected chi connectivity index (χ1v) is 6.97. The van der Waals surface area contributed by atoms with E-state index in [2.05, 4.69) is 48.4 Å². The van der Waals surface area contributed by atoms with Gasteiger partial charge in [0, 0.05) is 17.0 Å². The summed E-state index contributed by atoms with van der Waals surface area (Å²) in [6.45, 7) is 8.56. The molecular weight excluding hydrogens is 238 g/mol. The molecule has 0 atom stereocenters. The van der Waals surface area contributed by atoms with Gasteiger partial charge in [-0.05, 0) is 19.8 Å². The molecule has 1 aromatic rings. The number of anilines is 2. The highest BCUT2D eigenvalue weighted by molar-refractivity contribution is 5.49. The normalized spacial score (nSPS) is 18.4. The molecule has 0 bridgehead atoms. The third kappa shape index (κ3) is 3.35. The van der Waals surface area contributed by atoms with E-state index in [4.69, 9.17) is 5.84 Å². The molecule has 106 valence electrons. The number of aromatic nitrogens is 2. The first kappa shape index (κ1) is 14.1. The van der Waals surface area contributed by atoms with E-state index in [9.17, 15) is 0 Å². The lowest BCUT2D eigenvalue weighted by Crippen LogP contribution is -2.32. The van der Waals surface area contributed by atoms with Crippen molar-refractivity contribution in [2.24, 2.45) is 5.84 Å². The van der Waals surface area contributed by atoms with Crippen molar-refractivity contribution in [1.82, 2.24) is 9.97 Å². The van der Waals surface area contributed by atoms with Crippen LogP contribution < -0.4 is 16.6 Å². The smallest absolute Gasteiger partial charge is 0.145 e. The molecule has 5 heteroatoms. The molecule has 0 unspecified atom stereocenters. The van der Waals surface area contributed by atoms with Crippen molar-refractivity contribution in [3.05, 3.63) is 11.9 Å². The summed E-state index contributed by atoms with van der Waals surface area (Å²) in [5.41, 5.74) is 2.68. The maximum Gasteiger partial charge on any atom is 0.145 e. The molecule has 1 aliphatic carbocycles. The van der Waals surface area contributed by atoms with Crippen LogP contribution in [0.4, 0.5) is 11.6 Å². The van der Waals surface area contributed by atoms with Gasteiger partial charge in [-0.1, -0.05) is 33.6 Å². The minimum atomic E-state index is -0.0974. The van der Waals surface area contributed by atoms with Gasteiger partial charge in [0.05, 0.1) is 0 Å². The van der Waals surface area contributed by atoms with E-state index >= 15 is 0 Å². The van der Waals surface area contributed by atoms with Gasteiger partial charge >= 0.3 is 0 Å². The standard InChI is InChI=1S/C14H25N5/c1-13(2,3)12-16-10(9-11(17-12)19-15)18-14(4)7-5-6-8-14/h9H,5-8,15H2,1-4H3,(H2,16,17,18,19). The first-order chi connectivity index (χ1) is 8.82. The molecule has 1 fully saturated rings. The van der Waals surface area contributed by atoms with Crippen LogP contribution in [0.15, 0.2) is 6.07 Å². The molecule has 1 heterocycles. The molecule has 4 N–H and O–H groups in total. The van der Waals surface area contributed by atoms with Gasteiger partial charge in [0.2, 0.25) is 0 Å². The molecule has 1 aliphatic rings. The summed E-state index contributed by atoms with van der Waals surface area (Å²) in [7, 11) is 0. The largest absolute Gasteiger partial charge is 0.365 e. The summed E-state index contributed by atoms with van der Waals surface area (Å²) in [6, 6.07) is 1.87. The van der Waals surface area contributed by atoms with Gasteiger partial charge in [0.1, 0.15) is 17.5 Å². The first-order valence-electron chi connectivity index (χ1n) is 6.97. The number of hydrazine groups is 1. The van der Waals surface area contributed by atoms with Crippen molar-refractivity contribution in [3.63, 3.8) is 0 Å². The molecule has 5 nitrogen and oxygen atoms in total. The summed E-state index contributed by atoms with van der Waals surface area (Å²) in [5.74, 6) is 7.82. The molecule has 0 aromatic carbocycles. The molecule has 0 amide bonds. The maximum atomic E-state index is 5.50. The fourth-order valence-corrected chi connectivity index (χ4v) is 2.51. The van der Waals surface area contributed by atoms with Crippen molar-refractivity contribution in [2.45, 2.75) is 64.3 Å². The van der Waals surface area contributed by atoms with Crippen LogP contribution in [0.5, 0.6) is 0 Å². The number of hydrogen-bond acceptors (Lipinski definition) is 5. The second-order valence-electron chi connectivity index (χ2n) is 6.75. The Bertz CT molecular complexity index is 444. The lowest BCUT2D eigenvalue weighted by molar-refractivity contribution is 0.522. The number of nitrogens with zero attached hydrogens (tertiary/aromatic N) is 2. The number of hydrogen-bond donors (Lipinski definition) is 3. The minimum absolute atomic E-state index is 0.0974. The van der Waals surface area contributed by atoms with Gasteiger partial charge in [-0.3, -0.25) is 0 Å². The topological polar surface area (TPSA) is 75.9 Å². The highest BCUT2D eigenvalue weighted by atomic mass is 15.3. The maximum absolute atomic E-state index is 5.50. The Hall–Kier alpha value is -1.36. The van der Waals surface area contributed by atoms with Crippen LogP contribution in [0.3, 0.4) is 0 Å². The summed E-state index contributed by atoms with van der Waals surface area (Å²) in [5, 5.41) is 3.56. The van der Waals surface area contributed by atoms with Crippen LogP contribution in [0.2, 0.25) is 0 Å². The lowest BCUT2D eigenvalue weighted by atomic mass is 9.95. The van der Waals surface area contributed by atoms with Crippen LogP contribution in [0.1, 0.15) is 59.2 Å². The Kier molecular flexibility index (Phi) is 3.67. The van der Waals surface area contributed by atoms with Gasteiger partial charge in [-0.15, -0.1) is 0 Å². The summed E-state index contributed by atoms with van der Waals surface area (Å²) in [6.07, 6.45) is 4.94. The highest BCUT2D eigenvalue weighted by Crippen LogP contribution is 2.33. The third-order valence-electron chi connectivity index (χ3n) is 3.68. The van der Waals surface area contributed by atoms with Crippen LogP contribution in [0.25, 0.3) is 0 Å². The molecule has 0 aliphatic heterocycles. The highest BCUT2D eigenvalue weighted by Gasteiger charge is 2.29. The SMILES string of the molecule is CC1(Nc2cc(NN)nc(C(C)(C)C)n2)CCCC1. The van der Waals surface area contributed by atoms with Crippen molar-refractivity contribution in [2.75, 3.05) is 10.7 Å². The lowest BCUT2D eigenvalue weighted by Gasteiger charge is -2.27. The zero-order valence-electron chi connectivity index (χ0n) is 12.4. The van der Waals surface area contributed by atoms with Crippen LogP contribution in [-0.2, 0) is 5.41 Å². The van der Waals surface area contributed by atoms with Crippen LogP contribution in [-0.4, -0.2) is 15.5 Å². The van der Waals surface area contributed by atoms with Gasteiger partial charge in [-0.25, -0.2) is 15.8 Å². The minimum Gasteiger partial charge on any atom is -0.365 e. The predicted octanol–water partition coefficient (Wildman–Crippen LogP) is 2.80. The molecule has 19 heavy (non-hydrogen) atoms. The van der Waals surface area contributed by atoms with Crippen molar-refractivity contribution < 1.29 is 0 Å². The van der Waals surface area contributed by atoms with Crippen LogP contribution in [0, 0.1) is 0 Å². The Balaban J connectivity index is 2.29. The second kappa shape index (κ2) is 4.96. The zero-order chi connectivity index (χ0) is 14.1. The molecular formula is C14H25N5. The van der Waals surface area contributed by atoms with E-state index in [1.807, 2.05) is 6.07 Å². The van der Waals surface area contributed by atoms with E-state index in [1.165, 1.54) is 25.7 Å². The van der Waals surface area contributed by atoms with E-state index in [0.29, 0.717) is 5.82 Å². The predicted molar refractivity (Wildman–Crippen MR) is 79.0 cm³/mol. The van der Waals surface area contributed by atoms with E-state index < -0.39 is 0 Å². The monoisotopic (exact) mass is 263 g/mol. The molecule has 2 rings (SSSR count). The average molecular weight is 263 g/mol. The van der Waals surface area contributed by atoms with Gasteiger partial charge < -0.3 is 10.7 Å². The van der Waals surface area contributed by atoms with E-state index in [-0.39, 0.29) is 11.0 Å². The van der Waals surface area contributed by atoms with E-state index in [1.54, 1.807) is 0 Å². The van der Waals surface area contributed by atoms with Gasteiger partial charge in [-0.2, -0.15) is 0 Å². The average Bonchev–Trinajstić information content (AvgIpc) is 2.74. The number of nitrogen functional groups attached to an aromatic ring is 1. The molecule has 0 spiro atoms.